The predicted octanol–water partition coefficient (Wildman–Crippen LogP) is 29.4. The van der Waals surface area contributed by atoms with Crippen LogP contribution in [0.1, 0.15) is 132 Å². The van der Waals surface area contributed by atoms with Crippen molar-refractivity contribution >= 4 is 101 Å². The molecule has 2 aliphatic rings. The van der Waals surface area contributed by atoms with Crippen LogP contribution >= 0.6 is 0 Å². The molecule has 562 valence electrons. The first-order chi connectivity index (χ1) is 55.2. The highest BCUT2D eigenvalue weighted by atomic mass is 16.3. The van der Waals surface area contributed by atoms with Gasteiger partial charge in [-0.3, -0.25) is 0 Å². The van der Waals surface area contributed by atoms with Gasteiger partial charge in [-0.05, 0) is 140 Å². The minimum Gasteiger partial charge on any atom is -0.455 e. The molecule has 0 bridgehead atoms. The molecule has 0 amide bonds. The molecule has 4 nitrogen and oxygen atoms in total. The second-order valence-electron chi connectivity index (χ2n) is 37.2. The Morgan fingerprint density at radius 3 is 0.739 bits per heavy atom. The van der Waals surface area contributed by atoms with E-state index in [-0.39, 0.29) is 33.8 Å². The molecule has 0 spiro atoms. The third-order valence-electron chi connectivity index (χ3n) is 24.4. The fraction of sp³-hybridized carbons (Fsp3) is 0.182. The number of fused-ring (bicyclic) bond motifs is 10. The number of hydrogen-bond donors (Lipinski definition) is 0. The molecule has 0 atom stereocenters. The van der Waals surface area contributed by atoms with Crippen LogP contribution in [-0.2, 0) is 27.1 Å². The molecule has 2 aromatic heterocycles. The van der Waals surface area contributed by atoms with Crippen LogP contribution in [0.15, 0.2) is 324 Å². The Labute approximate surface area is 678 Å². The Hall–Kier alpha value is -12.4. The van der Waals surface area contributed by atoms with Crippen molar-refractivity contribution < 1.29 is 8.83 Å². The van der Waals surface area contributed by atoms with Crippen LogP contribution in [-0.4, -0.2) is 6.71 Å². The molecular formula is C110H97BN2O2. The van der Waals surface area contributed by atoms with Gasteiger partial charge in [0.15, 0.2) is 0 Å². The molecule has 2 aliphatic heterocycles. The Morgan fingerprint density at radius 2 is 0.461 bits per heavy atom. The van der Waals surface area contributed by atoms with E-state index in [0.29, 0.717) is 0 Å². The molecule has 0 radical (unpaired) electrons. The SMILES string of the molecule is CC(C)(C)c1cc(-c2cccc3c2oc2c(-c4ccc5c(c4)B4c6cc(-c7cccc8c7oc7c(-c9cc(C(C)(C)C)cc(C(C)(C)C)c9)cccc78)ccc6N(c6c(-c7ccccc7)cccc6-c6ccccc6)c6cc(C(C)(C)C)cc(c64)N5c4c(-c5ccccc5)cccc4-c4ccccc4)cccc23)cc(C(C)(C)C)c1. The molecule has 0 N–H and O–H groups in total. The van der Waals surface area contributed by atoms with Crippen LogP contribution in [0.4, 0.5) is 34.1 Å². The Balaban J connectivity index is 0.930. The number of hydrogen-bond acceptors (Lipinski definition) is 4. The molecule has 0 aliphatic carbocycles. The standard InChI is InChI=1S/C110H97BN2O2/c1-106(2,3)76-58-74(59-77(64-76)107(4,5)6)87-48-32-52-91-89-50-30-46-85(102(89)114-104(87)91)72-54-56-95-93(62-72)111-94-63-73(86-47-31-51-90-92-53-33-49-88(105(92)115-103(86)90)75-60-78(108(7,8)9)65-79(61-75)109(10,11)12)55-57-96(94)113(101-83(70-38-24-18-25-39-70)44-29-45-84(101)71-40-26-19-27-41-71)98-67-80(110(13,14)15)66-97(99(98)111)112(95)100-81(68-34-20-16-21-35-68)42-28-43-82(100)69-36-22-17-23-37-69/h16-67H,1-15H3. The number of anilines is 6. The van der Waals surface area contributed by atoms with E-state index in [2.05, 4.69) is 429 Å². The number of rotatable bonds is 10. The lowest BCUT2D eigenvalue weighted by Crippen LogP contribution is -2.61. The number of furan rings is 2. The Bertz CT molecular complexity index is 6150. The molecule has 17 aromatic rings. The maximum Gasteiger partial charge on any atom is 0.252 e. The molecule has 0 fully saturated rings. The zero-order valence-electron chi connectivity index (χ0n) is 68.8. The van der Waals surface area contributed by atoms with E-state index in [1.54, 1.807) is 0 Å². The number of benzene rings is 15. The number of nitrogens with zero attached hydrogens (tertiary/aromatic N) is 2. The van der Waals surface area contributed by atoms with E-state index in [4.69, 9.17) is 8.83 Å². The minimum atomic E-state index is -0.341. The van der Waals surface area contributed by atoms with Gasteiger partial charge in [0.25, 0.3) is 6.71 Å². The summed E-state index contributed by atoms with van der Waals surface area (Å²) < 4.78 is 15.2. The molecular weight excluding hydrogens is 1390 g/mol. The first-order valence-electron chi connectivity index (χ1n) is 41.0. The van der Waals surface area contributed by atoms with Crippen molar-refractivity contribution in [2.45, 2.75) is 131 Å². The van der Waals surface area contributed by atoms with Gasteiger partial charge in [0.2, 0.25) is 0 Å². The highest BCUT2D eigenvalue weighted by Crippen LogP contribution is 2.55. The van der Waals surface area contributed by atoms with Crippen LogP contribution < -0.4 is 26.2 Å². The third kappa shape index (κ3) is 12.5. The summed E-state index contributed by atoms with van der Waals surface area (Å²) in [6.45, 7) is 34.6. The number of para-hydroxylation sites is 6. The fourth-order valence-electron chi connectivity index (χ4n) is 18.1. The lowest BCUT2D eigenvalue weighted by atomic mass is 9.33. The van der Waals surface area contributed by atoms with Crippen LogP contribution in [0.2, 0.25) is 0 Å². The molecule has 0 unspecified atom stereocenters. The van der Waals surface area contributed by atoms with E-state index in [1.807, 2.05) is 0 Å². The summed E-state index contributed by atoms with van der Waals surface area (Å²) in [4.78, 5) is 5.34. The van der Waals surface area contributed by atoms with E-state index in [0.717, 1.165) is 167 Å². The lowest BCUT2D eigenvalue weighted by molar-refractivity contribution is 0.568. The molecule has 5 heteroatoms. The molecule has 0 saturated heterocycles. The van der Waals surface area contributed by atoms with Crippen molar-refractivity contribution in [2.75, 3.05) is 9.80 Å². The first-order valence-corrected chi connectivity index (χ1v) is 41.0. The van der Waals surface area contributed by atoms with Crippen molar-refractivity contribution in [1.82, 2.24) is 0 Å². The van der Waals surface area contributed by atoms with Gasteiger partial charge < -0.3 is 18.6 Å². The summed E-state index contributed by atoms with van der Waals surface area (Å²) in [7, 11) is 0. The van der Waals surface area contributed by atoms with Gasteiger partial charge in [-0.2, -0.15) is 0 Å². The average Bonchev–Trinajstić information content (AvgIpc) is 1.38. The van der Waals surface area contributed by atoms with E-state index >= 15 is 0 Å². The summed E-state index contributed by atoms with van der Waals surface area (Å²) >= 11 is 0. The third-order valence-corrected chi connectivity index (χ3v) is 24.4. The monoisotopic (exact) mass is 1490 g/mol. The van der Waals surface area contributed by atoms with Crippen molar-refractivity contribution in [1.29, 1.82) is 0 Å². The summed E-state index contributed by atoms with van der Waals surface area (Å²) in [6.07, 6.45) is 0. The molecule has 19 rings (SSSR count). The van der Waals surface area contributed by atoms with Gasteiger partial charge >= 0.3 is 0 Å². The highest BCUT2D eigenvalue weighted by molar-refractivity contribution is 7.00. The smallest absolute Gasteiger partial charge is 0.252 e. The van der Waals surface area contributed by atoms with Gasteiger partial charge in [-0.25, -0.2) is 0 Å². The summed E-state index contributed by atoms with van der Waals surface area (Å²) in [5.41, 5.74) is 37.3. The lowest BCUT2D eigenvalue weighted by Gasteiger charge is -2.46. The van der Waals surface area contributed by atoms with E-state index in [1.165, 1.54) is 44.2 Å². The largest absolute Gasteiger partial charge is 0.455 e. The summed E-state index contributed by atoms with van der Waals surface area (Å²) in [5.74, 6) is 0. The van der Waals surface area contributed by atoms with Gasteiger partial charge in [-0.15, -0.1) is 0 Å². The average molecular weight is 1490 g/mol. The second-order valence-corrected chi connectivity index (χ2v) is 37.2. The van der Waals surface area contributed by atoms with Crippen LogP contribution in [0.25, 0.3) is 133 Å². The summed E-state index contributed by atoms with van der Waals surface area (Å²) in [5, 5.41) is 4.35. The maximum atomic E-state index is 7.60. The molecule has 0 saturated carbocycles. The van der Waals surface area contributed by atoms with Gasteiger partial charge in [0.05, 0.1) is 11.4 Å². The molecule has 15 aromatic carbocycles. The van der Waals surface area contributed by atoms with E-state index < -0.39 is 0 Å². The Kier molecular flexibility index (Phi) is 17.2. The van der Waals surface area contributed by atoms with Crippen LogP contribution in [0.3, 0.4) is 0 Å². The first kappa shape index (κ1) is 72.8. The van der Waals surface area contributed by atoms with Crippen molar-refractivity contribution in [3.05, 3.63) is 343 Å². The van der Waals surface area contributed by atoms with Gasteiger partial charge in [0.1, 0.15) is 22.3 Å². The van der Waals surface area contributed by atoms with Gasteiger partial charge in [-0.1, -0.05) is 395 Å². The topological polar surface area (TPSA) is 32.8 Å². The Morgan fingerprint density at radius 1 is 0.209 bits per heavy atom. The minimum absolute atomic E-state index is 0.0728. The molecule has 4 heterocycles. The van der Waals surface area contributed by atoms with E-state index in [9.17, 15) is 0 Å². The fourth-order valence-corrected chi connectivity index (χ4v) is 18.1. The summed E-state index contributed by atoms with van der Waals surface area (Å²) in [6, 6.07) is 119. The van der Waals surface area contributed by atoms with Gasteiger partial charge in [0, 0.05) is 88.8 Å². The normalized spacial score (nSPS) is 13.1. The highest BCUT2D eigenvalue weighted by Gasteiger charge is 2.47. The van der Waals surface area contributed by atoms with Crippen LogP contribution in [0.5, 0.6) is 0 Å². The van der Waals surface area contributed by atoms with Crippen molar-refractivity contribution in [3.63, 3.8) is 0 Å². The zero-order chi connectivity index (χ0) is 79.4. The maximum absolute atomic E-state index is 7.60. The molecule has 115 heavy (non-hydrogen) atoms. The van der Waals surface area contributed by atoms with Crippen molar-refractivity contribution in [2.24, 2.45) is 0 Å². The second kappa shape index (κ2) is 27.1. The zero-order valence-corrected chi connectivity index (χ0v) is 68.8. The predicted molar refractivity (Wildman–Crippen MR) is 492 cm³/mol. The van der Waals surface area contributed by atoms with Crippen LogP contribution in [0, 0.1) is 0 Å². The van der Waals surface area contributed by atoms with Crippen molar-refractivity contribution in [3.8, 4) is 89.0 Å². The quantitative estimate of drug-likeness (QED) is 0.128.